The molecular formula is C26H23NO4. The van der Waals surface area contributed by atoms with E-state index < -0.39 is 5.97 Å². The number of cyclic esters (lactones) is 1. The maximum absolute atomic E-state index is 12.4. The zero-order chi connectivity index (χ0) is 21.8. The van der Waals surface area contributed by atoms with E-state index >= 15 is 0 Å². The second kappa shape index (κ2) is 8.88. The van der Waals surface area contributed by atoms with Crippen LogP contribution in [0.1, 0.15) is 27.8 Å². The molecule has 1 heterocycles. The monoisotopic (exact) mass is 413 g/mol. The van der Waals surface area contributed by atoms with Gasteiger partial charge in [0.1, 0.15) is 6.61 Å². The van der Waals surface area contributed by atoms with Crippen LogP contribution in [-0.4, -0.2) is 19.0 Å². The van der Waals surface area contributed by atoms with E-state index in [-0.39, 0.29) is 5.70 Å². The van der Waals surface area contributed by atoms with Gasteiger partial charge in [-0.25, -0.2) is 9.79 Å². The van der Waals surface area contributed by atoms with E-state index in [0.29, 0.717) is 24.0 Å². The number of nitrogens with zero attached hydrogens (tertiary/aromatic N) is 1. The summed E-state index contributed by atoms with van der Waals surface area (Å²) in [6.07, 6.45) is 1.69. The van der Waals surface area contributed by atoms with Gasteiger partial charge in [-0.2, -0.15) is 0 Å². The molecule has 0 unspecified atom stereocenters. The highest BCUT2D eigenvalue weighted by molar-refractivity contribution is 6.13. The lowest BCUT2D eigenvalue weighted by Crippen LogP contribution is -2.06. The lowest BCUT2D eigenvalue weighted by atomic mass is 10.1. The Morgan fingerprint density at radius 1 is 0.935 bits per heavy atom. The maximum atomic E-state index is 12.4. The Kier molecular flexibility index (Phi) is 5.85. The first kappa shape index (κ1) is 20.4. The van der Waals surface area contributed by atoms with E-state index in [9.17, 15) is 4.79 Å². The number of hydrogen-bond acceptors (Lipinski definition) is 5. The van der Waals surface area contributed by atoms with Crippen molar-refractivity contribution in [3.05, 3.63) is 100 Å². The molecule has 1 aliphatic heterocycles. The third kappa shape index (κ3) is 4.51. The molecule has 5 heteroatoms. The highest BCUT2D eigenvalue weighted by Crippen LogP contribution is 2.31. The zero-order valence-corrected chi connectivity index (χ0v) is 17.7. The first-order valence-corrected chi connectivity index (χ1v) is 9.99. The van der Waals surface area contributed by atoms with Crippen LogP contribution in [0.2, 0.25) is 0 Å². The lowest BCUT2D eigenvalue weighted by Gasteiger charge is -2.12. The Balaban J connectivity index is 1.60. The van der Waals surface area contributed by atoms with Crippen LogP contribution in [0.25, 0.3) is 6.08 Å². The van der Waals surface area contributed by atoms with Crippen LogP contribution in [0.5, 0.6) is 11.5 Å². The van der Waals surface area contributed by atoms with Gasteiger partial charge in [0.25, 0.3) is 0 Å². The smallest absolute Gasteiger partial charge is 0.363 e. The SMILES string of the molecule is COc1ccc(C=C2N=C(c3ccccc3C)OC2=O)cc1OCc1ccccc1C. The second-order valence-corrected chi connectivity index (χ2v) is 7.28. The minimum atomic E-state index is -0.476. The second-order valence-electron chi connectivity index (χ2n) is 7.28. The van der Waals surface area contributed by atoms with E-state index in [0.717, 1.165) is 27.8 Å². The summed E-state index contributed by atoms with van der Waals surface area (Å²) in [6, 6.07) is 21.2. The van der Waals surface area contributed by atoms with Crippen molar-refractivity contribution in [2.24, 2.45) is 4.99 Å². The number of aryl methyl sites for hydroxylation is 2. The number of aliphatic imine (C=N–C) groups is 1. The minimum absolute atomic E-state index is 0.244. The van der Waals surface area contributed by atoms with Crippen LogP contribution in [0.3, 0.4) is 0 Å². The molecule has 0 aliphatic carbocycles. The van der Waals surface area contributed by atoms with Crippen molar-refractivity contribution in [2.75, 3.05) is 7.11 Å². The van der Waals surface area contributed by atoms with Crippen molar-refractivity contribution < 1.29 is 19.0 Å². The van der Waals surface area contributed by atoms with Gasteiger partial charge in [0.05, 0.1) is 7.11 Å². The van der Waals surface area contributed by atoms with Gasteiger partial charge < -0.3 is 14.2 Å². The van der Waals surface area contributed by atoms with Gasteiger partial charge in [-0.05, 0) is 60.4 Å². The topological polar surface area (TPSA) is 57.1 Å². The molecule has 156 valence electrons. The average Bonchev–Trinajstić information content (AvgIpc) is 3.13. The Hall–Kier alpha value is -3.86. The molecule has 0 atom stereocenters. The van der Waals surface area contributed by atoms with E-state index in [4.69, 9.17) is 14.2 Å². The molecule has 3 aromatic rings. The summed E-state index contributed by atoms with van der Waals surface area (Å²) in [5.74, 6) is 1.05. The van der Waals surface area contributed by atoms with Gasteiger partial charge in [0.15, 0.2) is 17.2 Å². The van der Waals surface area contributed by atoms with Gasteiger partial charge in [0.2, 0.25) is 5.90 Å². The fourth-order valence-electron chi connectivity index (χ4n) is 3.32. The predicted molar refractivity (Wildman–Crippen MR) is 120 cm³/mol. The molecule has 0 spiro atoms. The van der Waals surface area contributed by atoms with Gasteiger partial charge in [-0.3, -0.25) is 0 Å². The molecule has 0 saturated carbocycles. The number of carbonyl (C=O) groups excluding carboxylic acids is 1. The molecule has 0 saturated heterocycles. The summed E-state index contributed by atoms with van der Waals surface area (Å²) in [6.45, 7) is 4.42. The van der Waals surface area contributed by atoms with E-state index in [1.165, 1.54) is 0 Å². The molecule has 4 rings (SSSR count). The molecule has 0 fully saturated rings. The molecule has 5 nitrogen and oxygen atoms in total. The van der Waals surface area contributed by atoms with Crippen molar-refractivity contribution in [3.8, 4) is 11.5 Å². The molecule has 0 radical (unpaired) electrons. The van der Waals surface area contributed by atoms with Crippen molar-refractivity contribution in [1.82, 2.24) is 0 Å². The third-order valence-electron chi connectivity index (χ3n) is 5.13. The number of esters is 1. The molecule has 1 aliphatic rings. The van der Waals surface area contributed by atoms with Crippen LogP contribution >= 0.6 is 0 Å². The largest absolute Gasteiger partial charge is 0.493 e. The van der Waals surface area contributed by atoms with E-state index in [1.807, 2.05) is 80.6 Å². The van der Waals surface area contributed by atoms with Gasteiger partial charge in [-0.15, -0.1) is 0 Å². The van der Waals surface area contributed by atoms with Crippen molar-refractivity contribution >= 4 is 17.9 Å². The highest BCUT2D eigenvalue weighted by atomic mass is 16.6. The molecule has 0 amide bonds. The molecule has 3 aromatic carbocycles. The third-order valence-corrected chi connectivity index (χ3v) is 5.13. The first-order chi connectivity index (χ1) is 15.0. The fraction of sp³-hybridized carbons (Fsp3) is 0.154. The fourth-order valence-corrected chi connectivity index (χ4v) is 3.32. The molecule has 31 heavy (non-hydrogen) atoms. The van der Waals surface area contributed by atoms with Crippen molar-refractivity contribution in [1.29, 1.82) is 0 Å². The molecule has 0 N–H and O–H groups in total. The van der Waals surface area contributed by atoms with Crippen molar-refractivity contribution in [3.63, 3.8) is 0 Å². The van der Waals surface area contributed by atoms with Gasteiger partial charge in [-0.1, -0.05) is 48.5 Å². The zero-order valence-electron chi connectivity index (χ0n) is 17.7. The van der Waals surface area contributed by atoms with E-state index in [1.54, 1.807) is 13.2 Å². The number of rotatable bonds is 6. The average molecular weight is 413 g/mol. The van der Waals surface area contributed by atoms with Gasteiger partial charge in [0, 0.05) is 5.56 Å². The first-order valence-electron chi connectivity index (χ1n) is 9.99. The Morgan fingerprint density at radius 2 is 1.68 bits per heavy atom. The number of hydrogen-bond donors (Lipinski definition) is 0. The summed E-state index contributed by atoms with van der Waals surface area (Å²) in [4.78, 5) is 16.8. The summed E-state index contributed by atoms with van der Waals surface area (Å²) in [5, 5.41) is 0. The Bertz CT molecular complexity index is 1190. The minimum Gasteiger partial charge on any atom is -0.493 e. The predicted octanol–water partition coefficient (Wildman–Crippen LogP) is 5.24. The van der Waals surface area contributed by atoms with Crippen LogP contribution in [0.15, 0.2) is 77.4 Å². The van der Waals surface area contributed by atoms with Crippen LogP contribution in [-0.2, 0) is 16.1 Å². The van der Waals surface area contributed by atoms with Crippen LogP contribution in [0, 0.1) is 13.8 Å². The summed E-state index contributed by atoms with van der Waals surface area (Å²) >= 11 is 0. The number of carbonyl (C=O) groups is 1. The van der Waals surface area contributed by atoms with Crippen LogP contribution < -0.4 is 9.47 Å². The summed E-state index contributed by atoms with van der Waals surface area (Å²) in [5.41, 5.74) is 5.06. The van der Waals surface area contributed by atoms with Crippen molar-refractivity contribution in [2.45, 2.75) is 20.5 Å². The number of ether oxygens (including phenoxy) is 3. The normalized spacial score (nSPS) is 14.4. The molecule has 0 aromatic heterocycles. The Labute approximate surface area is 181 Å². The highest BCUT2D eigenvalue weighted by Gasteiger charge is 2.25. The van der Waals surface area contributed by atoms with E-state index in [2.05, 4.69) is 4.99 Å². The standard InChI is InChI=1S/C26H23NO4/c1-17-8-4-6-10-20(17)16-30-24-15-19(12-13-23(24)29-3)14-22-26(28)31-25(27-22)21-11-7-5-9-18(21)2/h4-15H,16H2,1-3H3. The number of benzene rings is 3. The lowest BCUT2D eigenvalue weighted by molar-refractivity contribution is -0.129. The van der Waals surface area contributed by atoms with Crippen LogP contribution in [0.4, 0.5) is 0 Å². The molecular weight excluding hydrogens is 390 g/mol. The molecule has 0 bridgehead atoms. The maximum Gasteiger partial charge on any atom is 0.363 e. The van der Waals surface area contributed by atoms with Gasteiger partial charge >= 0.3 is 5.97 Å². The quantitative estimate of drug-likeness (QED) is 0.410. The Morgan fingerprint density at radius 3 is 2.42 bits per heavy atom. The number of methoxy groups -OCH3 is 1. The summed E-state index contributed by atoms with van der Waals surface area (Å²) < 4.78 is 16.9. The summed E-state index contributed by atoms with van der Waals surface area (Å²) in [7, 11) is 1.60.